The maximum absolute atomic E-state index is 5.76. The Morgan fingerprint density at radius 1 is 1.07 bits per heavy atom. The summed E-state index contributed by atoms with van der Waals surface area (Å²) in [6.07, 6.45) is 5.52. The van der Waals surface area contributed by atoms with E-state index in [1.807, 2.05) is 67.0 Å². The van der Waals surface area contributed by atoms with Crippen molar-refractivity contribution in [3.8, 4) is 17.0 Å². The van der Waals surface area contributed by atoms with E-state index in [0.29, 0.717) is 6.54 Å². The predicted molar refractivity (Wildman–Crippen MR) is 106 cm³/mol. The lowest BCUT2D eigenvalue weighted by Gasteiger charge is -2.11. The molecule has 1 N–H and O–H groups in total. The molecule has 27 heavy (non-hydrogen) atoms. The van der Waals surface area contributed by atoms with Crippen LogP contribution in [0.25, 0.3) is 16.9 Å². The summed E-state index contributed by atoms with van der Waals surface area (Å²) in [6, 6.07) is 15.9. The molecule has 0 aliphatic rings. The van der Waals surface area contributed by atoms with Crippen molar-refractivity contribution in [1.82, 2.24) is 19.6 Å². The lowest BCUT2D eigenvalue weighted by Crippen LogP contribution is -2.07. The average Bonchev–Trinajstić information content (AvgIpc) is 3.10. The average molecular weight is 359 g/mol. The van der Waals surface area contributed by atoms with Crippen molar-refractivity contribution < 1.29 is 4.74 Å². The van der Waals surface area contributed by atoms with Gasteiger partial charge in [-0.25, -0.2) is 9.50 Å². The fraction of sp³-hybridized carbons (Fsp3) is 0.190. The highest BCUT2D eigenvalue weighted by atomic mass is 16.5. The number of ether oxygens (including phenoxy) is 1. The third kappa shape index (κ3) is 3.89. The highest BCUT2D eigenvalue weighted by Crippen LogP contribution is 2.20. The zero-order chi connectivity index (χ0) is 18.6. The Kier molecular flexibility index (Phi) is 4.70. The van der Waals surface area contributed by atoms with Crippen LogP contribution in [0.1, 0.15) is 19.4 Å². The maximum Gasteiger partial charge on any atom is 0.154 e. The quantitative estimate of drug-likeness (QED) is 0.559. The number of nitrogens with one attached hydrogen (secondary N) is 1. The first-order chi connectivity index (χ1) is 13.2. The number of pyridine rings is 1. The Morgan fingerprint density at radius 3 is 2.74 bits per heavy atom. The van der Waals surface area contributed by atoms with E-state index in [1.54, 1.807) is 12.4 Å². The van der Waals surface area contributed by atoms with Crippen LogP contribution in [0.4, 0.5) is 5.82 Å². The normalized spacial score (nSPS) is 11.1. The predicted octanol–water partition coefficient (Wildman–Crippen LogP) is 4.19. The molecular weight excluding hydrogens is 338 g/mol. The number of benzene rings is 1. The number of rotatable bonds is 6. The van der Waals surface area contributed by atoms with Gasteiger partial charge in [0.15, 0.2) is 5.65 Å². The minimum atomic E-state index is 0.158. The fourth-order valence-electron chi connectivity index (χ4n) is 2.88. The molecule has 0 saturated carbocycles. The molecule has 0 aliphatic carbocycles. The molecular formula is C21H21N5O. The highest BCUT2D eigenvalue weighted by Gasteiger charge is 2.08. The summed E-state index contributed by atoms with van der Waals surface area (Å²) in [7, 11) is 0. The molecule has 0 amide bonds. The molecule has 6 heteroatoms. The standard InChI is InChI=1S/C21H21N5O/c1-15(2)27-18-5-3-4-16(12-18)13-23-20-6-7-21-24-14-19(26(21)25-20)17-8-10-22-11-9-17/h3-12,14-15H,13H2,1-2H3,(H,23,25). The zero-order valence-electron chi connectivity index (χ0n) is 15.3. The molecule has 3 aromatic heterocycles. The smallest absolute Gasteiger partial charge is 0.154 e. The van der Waals surface area contributed by atoms with Gasteiger partial charge < -0.3 is 10.1 Å². The molecule has 0 spiro atoms. The first kappa shape index (κ1) is 17.0. The van der Waals surface area contributed by atoms with E-state index >= 15 is 0 Å². The molecule has 0 bridgehead atoms. The lowest BCUT2D eigenvalue weighted by molar-refractivity contribution is 0.242. The van der Waals surface area contributed by atoms with Crippen LogP contribution in [-0.4, -0.2) is 25.7 Å². The molecule has 4 rings (SSSR count). The summed E-state index contributed by atoms with van der Waals surface area (Å²) < 4.78 is 7.60. The van der Waals surface area contributed by atoms with Gasteiger partial charge in [0.2, 0.25) is 0 Å². The molecule has 6 nitrogen and oxygen atoms in total. The minimum absolute atomic E-state index is 0.158. The van der Waals surface area contributed by atoms with Crippen molar-refractivity contribution in [3.63, 3.8) is 0 Å². The molecule has 0 fully saturated rings. The number of anilines is 1. The summed E-state index contributed by atoms with van der Waals surface area (Å²) >= 11 is 0. The Hall–Kier alpha value is -3.41. The van der Waals surface area contributed by atoms with Gasteiger partial charge in [0, 0.05) is 24.5 Å². The first-order valence-electron chi connectivity index (χ1n) is 8.94. The third-order valence-electron chi connectivity index (χ3n) is 4.08. The largest absolute Gasteiger partial charge is 0.491 e. The van der Waals surface area contributed by atoms with E-state index in [-0.39, 0.29) is 6.10 Å². The summed E-state index contributed by atoms with van der Waals surface area (Å²) in [6.45, 7) is 4.71. The summed E-state index contributed by atoms with van der Waals surface area (Å²) in [5, 5.41) is 8.06. The van der Waals surface area contributed by atoms with Gasteiger partial charge in [-0.3, -0.25) is 4.98 Å². The van der Waals surface area contributed by atoms with Crippen molar-refractivity contribution in [2.75, 3.05) is 5.32 Å². The number of hydrogen-bond donors (Lipinski definition) is 1. The Labute approximate surface area is 157 Å². The van der Waals surface area contributed by atoms with Gasteiger partial charge >= 0.3 is 0 Å². The van der Waals surface area contributed by atoms with E-state index in [0.717, 1.165) is 34.0 Å². The number of nitrogens with zero attached hydrogens (tertiary/aromatic N) is 4. The van der Waals surface area contributed by atoms with Gasteiger partial charge in [-0.1, -0.05) is 12.1 Å². The van der Waals surface area contributed by atoms with Crippen LogP contribution >= 0.6 is 0 Å². The van der Waals surface area contributed by atoms with Crippen LogP contribution in [-0.2, 0) is 6.54 Å². The van der Waals surface area contributed by atoms with Crippen LogP contribution in [0.2, 0.25) is 0 Å². The molecule has 136 valence electrons. The van der Waals surface area contributed by atoms with E-state index in [1.165, 1.54) is 0 Å². The van der Waals surface area contributed by atoms with Crippen LogP contribution in [0.3, 0.4) is 0 Å². The molecule has 0 radical (unpaired) electrons. The summed E-state index contributed by atoms with van der Waals surface area (Å²) in [4.78, 5) is 8.50. The molecule has 0 saturated heterocycles. The molecule has 0 aliphatic heterocycles. The number of aromatic nitrogens is 4. The maximum atomic E-state index is 5.76. The minimum Gasteiger partial charge on any atom is -0.491 e. The van der Waals surface area contributed by atoms with Gasteiger partial charge in [0.1, 0.15) is 11.6 Å². The van der Waals surface area contributed by atoms with E-state index in [2.05, 4.69) is 26.4 Å². The third-order valence-corrected chi connectivity index (χ3v) is 4.08. The highest BCUT2D eigenvalue weighted by molar-refractivity contribution is 5.63. The van der Waals surface area contributed by atoms with Gasteiger partial charge in [-0.2, -0.15) is 0 Å². The Balaban J connectivity index is 1.55. The zero-order valence-corrected chi connectivity index (χ0v) is 15.3. The van der Waals surface area contributed by atoms with Crippen LogP contribution in [0.5, 0.6) is 5.75 Å². The van der Waals surface area contributed by atoms with Crippen LogP contribution in [0, 0.1) is 0 Å². The van der Waals surface area contributed by atoms with Crippen LogP contribution < -0.4 is 10.1 Å². The van der Waals surface area contributed by atoms with E-state index < -0.39 is 0 Å². The van der Waals surface area contributed by atoms with Crippen molar-refractivity contribution in [1.29, 1.82) is 0 Å². The van der Waals surface area contributed by atoms with Crippen molar-refractivity contribution >= 4 is 11.5 Å². The Bertz CT molecular complexity index is 1040. The molecule has 0 unspecified atom stereocenters. The molecule has 4 aromatic rings. The second-order valence-electron chi connectivity index (χ2n) is 6.54. The summed E-state index contributed by atoms with van der Waals surface area (Å²) in [5.41, 5.74) is 3.90. The van der Waals surface area contributed by atoms with Crippen molar-refractivity contribution in [2.24, 2.45) is 0 Å². The molecule has 1 aromatic carbocycles. The van der Waals surface area contributed by atoms with Gasteiger partial charge in [0.25, 0.3) is 0 Å². The fourth-order valence-corrected chi connectivity index (χ4v) is 2.88. The van der Waals surface area contributed by atoms with E-state index in [4.69, 9.17) is 4.74 Å². The lowest BCUT2D eigenvalue weighted by atomic mass is 10.2. The summed E-state index contributed by atoms with van der Waals surface area (Å²) in [5.74, 6) is 1.66. The van der Waals surface area contributed by atoms with E-state index in [9.17, 15) is 0 Å². The number of imidazole rings is 1. The molecule has 0 atom stereocenters. The van der Waals surface area contributed by atoms with Gasteiger partial charge in [0.05, 0.1) is 18.0 Å². The van der Waals surface area contributed by atoms with Crippen molar-refractivity contribution in [3.05, 3.63) is 72.7 Å². The Morgan fingerprint density at radius 2 is 1.93 bits per heavy atom. The molecule has 3 heterocycles. The number of hydrogen-bond acceptors (Lipinski definition) is 5. The number of fused-ring (bicyclic) bond motifs is 1. The van der Waals surface area contributed by atoms with Gasteiger partial charge in [-0.05, 0) is 55.8 Å². The first-order valence-corrected chi connectivity index (χ1v) is 8.94. The monoisotopic (exact) mass is 359 g/mol. The second kappa shape index (κ2) is 7.45. The topological polar surface area (TPSA) is 64.3 Å². The second-order valence-corrected chi connectivity index (χ2v) is 6.54. The van der Waals surface area contributed by atoms with Crippen LogP contribution in [0.15, 0.2) is 67.1 Å². The SMILES string of the molecule is CC(C)Oc1cccc(CNc2ccc3ncc(-c4ccncc4)n3n2)c1. The van der Waals surface area contributed by atoms with Crippen molar-refractivity contribution in [2.45, 2.75) is 26.5 Å². The van der Waals surface area contributed by atoms with Gasteiger partial charge in [-0.15, -0.1) is 5.10 Å².